The number of benzene rings is 1. The SMILES string of the molecule is C#CCCOC(=O)[C@@H](Cl)c1ccccc1. The summed E-state index contributed by atoms with van der Waals surface area (Å²) >= 11 is 5.91. The molecule has 0 bridgehead atoms. The fourth-order valence-corrected chi connectivity index (χ4v) is 1.25. The maximum atomic E-state index is 11.4. The van der Waals surface area contributed by atoms with Gasteiger partial charge in [-0.1, -0.05) is 30.3 Å². The third kappa shape index (κ3) is 3.65. The minimum atomic E-state index is -0.760. The first-order valence-corrected chi connectivity index (χ1v) is 4.98. The molecule has 2 nitrogen and oxygen atoms in total. The molecule has 1 atom stereocenters. The molecule has 3 heteroatoms. The van der Waals surface area contributed by atoms with Crippen LogP contribution in [0.3, 0.4) is 0 Å². The number of hydrogen-bond donors (Lipinski definition) is 0. The fraction of sp³-hybridized carbons (Fsp3) is 0.250. The lowest BCUT2D eigenvalue weighted by Crippen LogP contribution is -2.11. The van der Waals surface area contributed by atoms with Gasteiger partial charge in [0, 0.05) is 6.42 Å². The van der Waals surface area contributed by atoms with E-state index in [2.05, 4.69) is 5.92 Å². The molecule has 1 aromatic rings. The first-order valence-electron chi connectivity index (χ1n) is 4.55. The van der Waals surface area contributed by atoms with Crippen LogP contribution in [0.2, 0.25) is 0 Å². The molecule has 1 rings (SSSR count). The van der Waals surface area contributed by atoms with E-state index in [1.807, 2.05) is 18.2 Å². The summed E-state index contributed by atoms with van der Waals surface area (Å²) in [4.78, 5) is 11.4. The van der Waals surface area contributed by atoms with Gasteiger partial charge in [-0.15, -0.1) is 23.9 Å². The van der Waals surface area contributed by atoms with Gasteiger partial charge in [-0.05, 0) is 5.56 Å². The average molecular weight is 223 g/mol. The second kappa shape index (κ2) is 6.10. The first-order chi connectivity index (χ1) is 7.25. The van der Waals surface area contributed by atoms with Gasteiger partial charge in [0.05, 0.1) is 0 Å². The van der Waals surface area contributed by atoms with Crippen LogP contribution in [0.5, 0.6) is 0 Å². The molecular formula is C12H11ClO2. The van der Waals surface area contributed by atoms with Gasteiger partial charge in [0.25, 0.3) is 0 Å². The summed E-state index contributed by atoms with van der Waals surface area (Å²) in [6.45, 7) is 0.214. The predicted octanol–water partition coefficient (Wildman–Crippen LogP) is 2.53. The molecule has 0 spiro atoms. The molecule has 0 amide bonds. The van der Waals surface area contributed by atoms with E-state index in [1.165, 1.54) is 0 Å². The normalized spacial score (nSPS) is 11.5. The topological polar surface area (TPSA) is 26.3 Å². The van der Waals surface area contributed by atoms with Crippen molar-refractivity contribution in [3.8, 4) is 12.3 Å². The van der Waals surface area contributed by atoms with Crippen molar-refractivity contribution >= 4 is 17.6 Å². The first kappa shape index (κ1) is 11.6. The quantitative estimate of drug-likeness (QED) is 0.339. The molecule has 0 saturated heterocycles. The number of ether oxygens (including phenoxy) is 1. The zero-order valence-electron chi connectivity index (χ0n) is 8.15. The van der Waals surface area contributed by atoms with Crippen molar-refractivity contribution in [2.75, 3.05) is 6.61 Å². The van der Waals surface area contributed by atoms with E-state index in [4.69, 9.17) is 22.8 Å². The number of esters is 1. The number of terminal acetylenes is 1. The van der Waals surface area contributed by atoms with Crippen LogP contribution in [0.4, 0.5) is 0 Å². The molecule has 78 valence electrons. The summed E-state index contributed by atoms with van der Waals surface area (Å²) in [6.07, 6.45) is 5.43. The summed E-state index contributed by atoms with van der Waals surface area (Å²) in [6, 6.07) is 9.05. The second-order valence-corrected chi connectivity index (χ2v) is 3.33. The number of rotatable bonds is 4. The zero-order valence-corrected chi connectivity index (χ0v) is 8.91. The monoisotopic (exact) mass is 222 g/mol. The minimum Gasteiger partial charge on any atom is -0.463 e. The van der Waals surface area contributed by atoms with Crippen molar-refractivity contribution in [3.63, 3.8) is 0 Å². The standard InChI is InChI=1S/C12H11ClO2/c1-2-3-9-15-12(14)11(13)10-7-5-4-6-8-10/h1,4-8,11H,3,9H2/t11-/m0/s1. The molecule has 0 aliphatic rings. The summed E-state index contributed by atoms with van der Waals surface area (Å²) < 4.78 is 4.89. The molecule has 0 aromatic heterocycles. The molecule has 0 aliphatic heterocycles. The highest BCUT2D eigenvalue weighted by atomic mass is 35.5. The average Bonchev–Trinajstić information content (AvgIpc) is 2.29. The molecule has 0 heterocycles. The minimum absolute atomic E-state index is 0.214. The van der Waals surface area contributed by atoms with Crippen molar-refractivity contribution in [1.29, 1.82) is 0 Å². The smallest absolute Gasteiger partial charge is 0.328 e. The van der Waals surface area contributed by atoms with Gasteiger partial charge >= 0.3 is 5.97 Å². The molecule has 0 N–H and O–H groups in total. The van der Waals surface area contributed by atoms with Crippen molar-refractivity contribution < 1.29 is 9.53 Å². The lowest BCUT2D eigenvalue weighted by molar-refractivity contribution is -0.143. The van der Waals surface area contributed by atoms with E-state index >= 15 is 0 Å². The summed E-state index contributed by atoms with van der Waals surface area (Å²) in [5, 5.41) is -0.760. The highest BCUT2D eigenvalue weighted by Gasteiger charge is 2.18. The van der Waals surface area contributed by atoms with E-state index in [1.54, 1.807) is 12.1 Å². The Bertz CT molecular complexity index is 354. The molecule has 0 fully saturated rings. The van der Waals surface area contributed by atoms with Crippen LogP contribution in [0.1, 0.15) is 17.4 Å². The Morgan fingerprint density at radius 3 is 2.73 bits per heavy atom. The van der Waals surface area contributed by atoms with E-state index in [0.717, 1.165) is 5.56 Å². The Morgan fingerprint density at radius 1 is 1.47 bits per heavy atom. The van der Waals surface area contributed by atoms with Crippen LogP contribution in [0.25, 0.3) is 0 Å². The number of halogens is 1. The molecule has 0 radical (unpaired) electrons. The van der Waals surface area contributed by atoms with Crippen LogP contribution in [0.15, 0.2) is 30.3 Å². The van der Waals surface area contributed by atoms with Gasteiger partial charge in [0.15, 0.2) is 5.38 Å². The van der Waals surface area contributed by atoms with Crippen molar-refractivity contribution in [2.45, 2.75) is 11.8 Å². The van der Waals surface area contributed by atoms with Crippen LogP contribution in [0, 0.1) is 12.3 Å². The van der Waals surface area contributed by atoms with Gasteiger partial charge in [-0.25, -0.2) is 0 Å². The van der Waals surface area contributed by atoms with Crippen molar-refractivity contribution in [3.05, 3.63) is 35.9 Å². The third-order valence-corrected chi connectivity index (χ3v) is 2.22. The molecule has 15 heavy (non-hydrogen) atoms. The molecule has 0 saturated carbocycles. The Balaban J connectivity index is 2.51. The molecule has 0 unspecified atom stereocenters. The van der Waals surface area contributed by atoms with E-state index in [0.29, 0.717) is 6.42 Å². The Kier molecular flexibility index (Phi) is 4.73. The van der Waals surface area contributed by atoms with E-state index < -0.39 is 11.3 Å². The predicted molar refractivity (Wildman–Crippen MR) is 59.4 cm³/mol. The van der Waals surface area contributed by atoms with E-state index in [9.17, 15) is 4.79 Å². The molecule has 0 aliphatic carbocycles. The number of alkyl halides is 1. The Morgan fingerprint density at radius 2 is 2.13 bits per heavy atom. The van der Waals surface area contributed by atoms with Crippen LogP contribution < -0.4 is 0 Å². The summed E-state index contributed by atoms with van der Waals surface area (Å²) in [5.74, 6) is 1.92. The van der Waals surface area contributed by atoms with Gasteiger partial charge in [0.1, 0.15) is 6.61 Å². The summed E-state index contributed by atoms with van der Waals surface area (Å²) in [7, 11) is 0. The van der Waals surface area contributed by atoms with Gasteiger partial charge in [-0.2, -0.15) is 0 Å². The van der Waals surface area contributed by atoms with E-state index in [-0.39, 0.29) is 6.61 Å². The van der Waals surface area contributed by atoms with Crippen molar-refractivity contribution in [2.24, 2.45) is 0 Å². The Hall–Kier alpha value is -1.46. The number of carbonyl (C=O) groups excluding carboxylic acids is 1. The summed E-state index contributed by atoms with van der Waals surface area (Å²) in [5.41, 5.74) is 0.727. The maximum Gasteiger partial charge on any atom is 0.328 e. The van der Waals surface area contributed by atoms with Gasteiger partial charge < -0.3 is 4.74 Å². The van der Waals surface area contributed by atoms with Crippen LogP contribution >= 0.6 is 11.6 Å². The molecular weight excluding hydrogens is 212 g/mol. The third-order valence-electron chi connectivity index (χ3n) is 1.79. The molecule has 1 aromatic carbocycles. The Labute approximate surface area is 94.2 Å². The second-order valence-electron chi connectivity index (χ2n) is 2.89. The highest BCUT2D eigenvalue weighted by molar-refractivity contribution is 6.29. The zero-order chi connectivity index (χ0) is 11.1. The fourth-order valence-electron chi connectivity index (χ4n) is 1.04. The van der Waals surface area contributed by atoms with Gasteiger partial charge in [0.2, 0.25) is 0 Å². The maximum absolute atomic E-state index is 11.4. The van der Waals surface area contributed by atoms with Crippen LogP contribution in [-0.4, -0.2) is 12.6 Å². The van der Waals surface area contributed by atoms with Crippen LogP contribution in [-0.2, 0) is 9.53 Å². The highest BCUT2D eigenvalue weighted by Crippen LogP contribution is 2.21. The largest absolute Gasteiger partial charge is 0.463 e. The van der Waals surface area contributed by atoms with Crippen molar-refractivity contribution in [1.82, 2.24) is 0 Å². The lowest BCUT2D eigenvalue weighted by atomic mass is 10.1. The van der Waals surface area contributed by atoms with Gasteiger partial charge in [-0.3, -0.25) is 4.79 Å². The number of hydrogen-bond acceptors (Lipinski definition) is 2. The lowest BCUT2D eigenvalue weighted by Gasteiger charge is -2.08. The number of carbonyl (C=O) groups is 1.